The standard InChI is InChI=1S/C12H12O3/c1-2-14-8-9-7-11(13)10-5-3-4-6-12(10)15-9/h3-7H,2,8H2,1H3. The Balaban J connectivity index is 2.48. The Hall–Kier alpha value is -1.61. The highest BCUT2D eigenvalue weighted by molar-refractivity contribution is 5.75. The van der Waals surface area contributed by atoms with E-state index in [1.165, 1.54) is 6.07 Å². The Morgan fingerprint density at radius 2 is 2.13 bits per heavy atom. The summed E-state index contributed by atoms with van der Waals surface area (Å²) in [7, 11) is 0. The molecule has 0 amide bonds. The molecule has 0 aliphatic rings. The van der Waals surface area contributed by atoms with Crippen LogP contribution in [0.15, 0.2) is 39.5 Å². The highest BCUT2D eigenvalue weighted by Gasteiger charge is 2.03. The molecule has 1 aromatic heterocycles. The molecule has 0 N–H and O–H groups in total. The van der Waals surface area contributed by atoms with Gasteiger partial charge < -0.3 is 9.15 Å². The average molecular weight is 204 g/mol. The van der Waals surface area contributed by atoms with Gasteiger partial charge in [-0.1, -0.05) is 12.1 Å². The molecule has 0 spiro atoms. The zero-order valence-electron chi connectivity index (χ0n) is 8.53. The number of ether oxygens (including phenoxy) is 1. The Morgan fingerprint density at radius 3 is 2.93 bits per heavy atom. The third-order valence-corrected chi connectivity index (χ3v) is 2.13. The second kappa shape index (κ2) is 4.28. The van der Waals surface area contributed by atoms with E-state index in [4.69, 9.17) is 9.15 Å². The van der Waals surface area contributed by atoms with Gasteiger partial charge in [0, 0.05) is 12.7 Å². The van der Waals surface area contributed by atoms with Crippen LogP contribution in [-0.4, -0.2) is 6.61 Å². The lowest BCUT2D eigenvalue weighted by atomic mass is 10.2. The lowest BCUT2D eigenvalue weighted by Gasteiger charge is -2.02. The molecular weight excluding hydrogens is 192 g/mol. The third-order valence-electron chi connectivity index (χ3n) is 2.13. The number of hydrogen-bond acceptors (Lipinski definition) is 3. The molecule has 1 heterocycles. The molecule has 78 valence electrons. The topological polar surface area (TPSA) is 39.4 Å². The van der Waals surface area contributed by atoms with Gasteiger partial charge in [0.15, 0.2) is 5.43 Å². The predicted molar refractivity (Wildman–Crippen MR) is 57.8 cm³/mol. The zero-order valence-corrected chi connectivity index (χ0v) is 8.53. The molecular formula is C12H12O3. The van der Waals surface area contributed by atoms with Gasteiger partial charge in [0.25, 0.3) is 0 Å². The predicted octanol–water partition coefficient (Wildman–Crippen LogP) is 2.33. The largest absolute Gasteiger partial charge is 0.458 e. The fourth-order valence-corrected chi connectivity index (χ4v) is 1.43. The first kappa shape index (κ1) is 9.93. The molecule has 0 fully saturated rings. The van der Waals surface area contributed by atoms with Gasteiger partial charge in [-0.3, -0.25) is 4.79 Å². The van der Waals surface area contributed by atoms with Crippen LogP contribution in [0.25, 0.3) is 11.0 Å². The molecule has 2 rings (SSSR count). The van der Waals surface area contributed by atoms with Crippen molar-refractivity contribution in [2.24, 2.45) is 0 Å². The van der Waals surface area contributed by atoms with Crippen LogP contribution in [0, 0.1) is 0 Å². The van der Waals surface area contributed by atoms with Crippen LogP contribution in [0.4, 0.5) is 0 Å². The van der Waals surface area contributed by atoms with Crippen molar-refractivity contribution in [3.63, 3.8) is 0 Å². The molecule has 0 aliphatic carbocycles. The molecule has 2 aromatic rings. The van der Waals surface area contributed by atoms with E-state index in [9.17, 15) is 4.79 Å². The van der Waals surface area contributed by atoms with E-state index < -0.39 is 0 Å². The van der Waals surface area contributed by atoms with Crippen LogP contribution in [0.2, 0.25) is 0 Å². The Labute approximate surface area is 87.3 Å². The highest BCUT2D eigenvalue weighted by atomic mass is 16.5. The van der Waals surface area contributed by atoms with Crippen LogP contribution in [0.3, 0.4) is 0 Å². The summed E-state index contributed by atoms with van der Waals surface area (Å²) < 4.78 is 10.7. The van der Waals surface area contributed by atoms with Crippen molar-refractivity contribution in [2.45, 2.75) is 13.5 Å². The van der Waals surface area contributed by atoms with E-state index in [0.29, 0.717) is 29.9 Å². The van der Waals surface area contributed by atoms with Crippen molar-refractivity contribution in [1.82, 2.24) is 0 Å². The minimum Gasteiger partial charge on any atom is -0.458 e. The number of rotatable bonds is 3. The molecule has 0 saturated carbocycles. The summed E-state index contributed by atoms with van der Waals surface area (Å²) in [6.45, 7) is 2.85. The molecule has 3 heteroatoms. The van der Waals surface area contributed by atoms with Gasteiger partial charge in [-0.25, -0.2) is 0 Å². The summed E-state index contributed by atoms with van der Waals surface area (Å²) in [5.41, 5.74) is 0.589. The Kier molecular flexibility index (Phi) is 2.83. The lowest BCUT2D eigenvalue weighted by Crippen LogP contribution is -2.03. The smallest absolute Gasteiger partial charge is 0.193 e. The van der Waals surface area contributed by atoms with Crippen molar-refractivity contribution in [2.75, 3.05) is 6.61 Å². The number of hydrogen-bond donors (Lipinski definition) is 0. The van der Waals surface area contributed by atoms with Crippen molar-refractivity contribution >= 4 is 11.0 Å². The molecule has 15 heavy (non-hydrogen) atoms. The first-order valence-corrected chi connectivity index (χ1v) is 4.91. The number of benzene rings is 1. The lowest BCUT2D eigenvalue weighted by molar-refractivity contribution is 0.118. The van der Waals surface area contributed by atoms with E-state index in [1.54, 1.807) is 12.1 Å². The Morgan fingerprint density at radius 1 is 1.33 bits per heavy atom. The van der Waals surface area contributed by atoms with Gasteiger partial charge in [0.1, 0.15) is 18.0 Å². The monoisotopic (exact) mass is 204 g/mol. The van der Waals surface area contributed by atoms with E-state index in [-0.39, 0.29) is 5.43 Å². The highest BCUT2D eigenvalue weighted by Crippen LogP contribution is 2.11. The maximum absolute atomic E-state index is 11.6. The summed E-state index contributed by atoms with van der Waals surface area (Å²) in [4.78, 5) is 11.6. The van der Waals surface area contributed by atoms with E-state index in [0.717, 1.165) is 0 Å². The van der Waals surface area contributed by atoms with Crippen LogP contribution >= 0.6 is 0 Å². The molecule has 0 atom stereocenters. The quantitative estimate of drug-likeness (QED) is 0.770. The van der Waals surface area contributed by atoms with Crippen LogP contribution in [-0.2, 0) is 11.3 Å². The SMILES string of the molecule is CCOCc1cc(=O)c2ccccc2o1. The van der Waals surface area contributed by atoms with Gasteiger partial charge in [0.2, 0.25) is 0 Å². The molecule has 1 aromatic carbocycles. The first-order chi connectivity index (χ1) is 7.31. The second-order valence-corrected chi connectivity index (χ2v) is 3.21. The fraction of sp³-hybridized carbons (Fsp3) is 0.250. The third kappa shape index (κ3) is 2.07. The molecule has 0 saturated heterocycles. The molecule has 3 nitrogen and oxygen atoms in total. The van der Waals surface area contributed by atoms with Crippen molar-refractivity contribution < 1.29 is 9.15 Å². The second-order valence-electron chi connectivity index (χ2n) is 3.21. The summed E-state index contributed by atoms with van der Waals surface area (Å²) in [5, 5.41) is 0.609. The van der Waals surface area contributed by atoms with Crippen molar-refractivity contribution in [1.29, 1.82) is 0 Å². The Bertz CT molecular complexity index is 514. The van der Waals surface area contributed by atoms with E-state index >= 15 is 0 Å². The molecule has 0 bridgehead atoms. The van der Waals surface area contributed by atoms with Gasteiger partial charge in [-0.15, -0.1) is 0 Å². The van der Waals surface area contributed by atoms with E-state index in [1.807, 2.05) is 19.1 Å². The summed E-state index contributed by atoms with van der Waals surface area (Å²) >= 11 is 0. The normalized spacial score (nSPS) is 10.7. The van der Waals surface area contributed by atoms with Gasteiger partial charge in [-0.2, -0.15) is 0 Å². The van der Waals surface area contributed by atoms with Crippen LogP contribution < -0.4 is 5.43 Å². The number of fused-ring (bicyclic) bond motifs is 1. The average Bonchev–Trinajstić information content (AvgIpc) is 2.26. The van der Waals surface area contributed by atoms with Crippen molar-refractivity contribution in [3.8, 4) is 0 Å². The maximum atomic E-state index is 11.6. The molecule has 0 radical (unpaired) electrons. The zero-order chi connectivity index (χ0) is 10.7. The molecule has 0 aliphatic heterocycles. The van der Waals surface area contributed by atoms with Crippen molar-refractivity contribution in [3.05, 3.63) is 46.3 Å². The molecule has 0 unspecified atom stereocenters. The van der Waals surface area contributed by atoms with Crippen LogP contribution in [0.1, 0.15) is 12.7 Å². The fourth-order valence-electron chi connectivity index (χ4n) is 1.43. The van der Waals surface area contributed by atoms with Gasteiger partial charge >= 0.3 is 0 Å². The summed E-state index contributed by atoms with van der Waals surface area (Å²) in [6, 6.07) is 8.69. The minimum absolute atomic E-state index is 0.0217. The number of para-hydroxylation sites is 1. The minimum atomic E-state index is -0.0217. The van der Waals surface area contributed by atoms with Gasteiger partial charge in [0.05, 0.1) is 5.39 Å². The van der Waals surface area contributed by atoms with Gasteiger partial charge in [-0.05, 0) is 19.1 Å². The summed E-state index contributed by atoms with van der Waals surface area (Å²) in [6.07, 6.45) is 0. The maximum Gasteiger partial charge on any atom is 0.193 e. The summed E-state index contributed by atoms with van der Waals surface area (Å²) in [5.74, 6) is 0.570. The van der Waals surface area contributed by atoms with E-state index in [2.05, 4.69) is 0 Å². The van der Waals surface area contributed by atoms with Crippen LogP contribution in [0.5, 0.6) is 0 Å². The first-order valence-electron chi connectivity index (χ1n) is 4.91.